The van der Waals surface area contributed by atoms with Gasteiger partial charge < -0.3 is 14.6 Å². The Hall–Kier alpha value is -1.30. The summed E-state index contributed by atoms with van der Waals surface area (Å²) in [6.07, 6.45) is -0.788. The minimum atomic E-state index is -0.647. The van der Waals surface area contributed by atoms with E-state index in [1.165, 1.54) is 0 Å². The van der Waals surface area contributed by atoms with Crippen LogP contribution in [0.2, 0.25) is 5.02 Å². The molecule has 0 bridgehead atoms. The van der Waals surface area contributed by atoms with Crippen LogP contribution in [0.3, 0.4) is 0 Å². The lowest BCUT2D eigenvalue weighted by atomic mass is 10.0. The zero-order valence-corrected chi connectivity index (χ0v) is 15.4. The van der Waals surface area contributed by atoms with Gasteiger partial charge in [-0.3, -0.25) is 4.90 Å². The quantitative estimate of drug-likeness (QED) is 0.904. The number of amides is 1. The molecule has 134 valence electrons. The molecule has 0 unspecified atom stereocenters. The largest absolute Gasteiger partial charge is 0.444 e. The fourth-order valence-electron chi connectivity index (χ4n) is 2.62. The number of benzene rings is 1. The van der Waals surface area contributed by atoms with E-state index in [0.717, 1.165) is 5.56 Å². The molecule has 0 aromatic heterocycles. The molecule has 2 rings (SSSR count). The third-order valence-corrected chi connectivity index (χ3v) is 4.12. The molecule has 3 atom stereocenters. The number of aliphatic hydroxyl groups excluding tert-OH is 1. The number of nitrogens with zero attached hydrogens (tertiary/aromatic N) is 1. The van der Waals surface area contributed by atoms with Gasteiger partial charge in [0, 0.05) is 5.02 Å². The lowest BCUT2D eigenvalue weighted by Gasteiger charge is -2.41. The molecule has 1 saturated heterocycles. The van der Waals surface area contributed by atoms with Crippen molar-refractivity contribution >= 4 is 17.7 Å². The Morgan fingerprint density at radius 1 is 1.42 bits per heavy atom. The van der Waals surface area contributed by atoms with Crippen LogP contribution in [-0.2, 0) is 15.9 Å². The summed E-state index contributed by atoms with van der Waals surface area (Å²) < 4.78 is 11.3. The summed E-state index contributed by atoms with van der Waals surface area (Å²) >= 11 is 5.92. The molecule has 6 heteroatoms. The molecule has 1 fully saturated rings. The number of hydrogen-bond donors (Lipinski definition) is 1. The van der Waals surface area contributed by atoms with Gasteiger partial charge in [0.2, 0.25) is 0 Å². The molecule has 1 aliphatic heterocycles. The zero-order chi connectivity index (χ0) is 17.9. The van der Waals surface area contributed by atoms with Crippen molar-refractivity contribution in [1.29, 1.82) is 0 Å². The maximum absolute atomic E-state index is 12.6. The van der Waals surface area contributed by atoms with E-state index >= 15 is 0 Å². The number of carbonyl (C=O) groups excluding carboxylic acids is 1. The van der Waals surface area contributed by atoms with Crippen molar-refractivity contribution in [2.45, 2.75) is 58.0 Å². The molecule has 5 nitrogen and oxygen atoms in total. The minimum Gasteiger partial charge on any atom is -0.444 e. The lowest BCUT2D eigenvalue weighted by molar-refractivity contribution is -0.106. The number of hydrogen-bond acceptors (Lipinski definition) is 4. The highest BCUT2D eigenvalue weighted by molar-refractivity contribution is 6.30. The van der Waals surface area contributed by atoms with E-state index in [-0.39, 0.29) is 12.1 Å². The molecule has 1 aliphatic rings. The monoisotopic (exact) mass is 355 g/mol. The molecule has 24 heavy (non-hydrogen) atoms. The van der Waals surface area contributed by atoms with Crippen molar-refractivity contribution in [2.24, 2.45) is 0 Å². The molecule has 1 aromatic carbocycles. The fraction of sp³-hybridized carbons (Fsp3) is 0.611. The van der Waals surface area contributed by atoms with Crippen LogP contribution in [0.5, 0.6) is 0 Å². The highest BCUT2D eigenvalue weighted by Gasteiger charge is 2.36. The normalized spacial score (nSPS) is 23.0. The van der Waals surface area contributed by atoms with Gasteiger partial charge in [0.05, 0.1) is 25.3 Å². The van der Waals surface area contributed by atoms with E-state index in [1.807, 2.05) is 45.0 Å². The second-order valence-electron chi connectivity index (χ2n) is 7.23. The van der Waals surface area contributed by atoms with Gasteiger partial charge in [-0.1, -0.05) is 23.7 Å². The van der Waals surface area contributed by atoms with Crippen molar-refractivity contribution < 1.29 is 19.4 Å². The summed E-state index contributed by atoms with van der Waals surface area (Å²) in [6.45, 7) is 7.85. The van der Waals surface area contributed by atoms with Crippen LogP contribution < -0.4 is 0 Å². The third-order valence-electron chi connectivity index (χ3n) is 3.87. The van der Waals surface area contributed by atoms with E-state index in [1.54, 1.807) is 11.8 Å². The molecule has 1 amide bonds. The first-order chi connectivity index (χ1) is 11.2. The maximum atomic E-state index is 12.6. The van der Waals surface area contributed by atoms with Crippen molar-refractivity contribution in [1.82, 2.24) is 4.90 Å². The average Bonchev–Trinajstić information content (AvgIpc) is 2.48. The Labute approximate surface area is 148 Å². The van der Waals surface area contributed by atoms with E-state index in [4.69, 9.17) is 21.1 Å². The number of morpholine rings is 1. The van der Waals surface area contributed by atoms with Gasteiger partial charge in [0.1, 0.15) is 11.7 Å². The van der Waals surface area contributed by atoms with Crippen LogP contribution in [0.4, 0.5) is 4.79 Å². The maximum Gasteiger partial charge on any atom is 0.410 e. The van der Waals surface area contributed by atoms with Gasteiger partial charge in [0.25, 0.3) is 0 Å². The van der Waals surface area contributed by atoms with Gasteiger partial charge in [-0.15, -0.1) is 0 Å². The average molecular weight is 356 g/mol. The first-order valence-electron chi connectivity index (χ1n) is 8.19. The summed E-state index contributed by atoms with van der Waals surface area (Å²) in [5.41, 5.74) is 0.498. The number of aliphatic hydroxyl groups is 1. The van der Waals surface area contributed by atoms with Gasteiger partial charge >= 0.3 is 6.09 Å². The SMILES string of the molecule is C[C@@H](O)[C@H]1CN(C(=O)OC(C)(C)C)[C@@H](Cc2ccc(Cl)cc2)CO1. The van der Waals surface area contributed by atoms with Crippen LogP contribution in [-0.4, -0.2) is 53.1 Å². The van der Waals surface area contributed by atoms with Crippen LogP contribution >= 0.6 is 11.6 Å². The first kappa shape index (κ1) is 19.0. The Kier molecular flexibility index (Phi) is 6.12. The summed E-state index contributed by atoms with van der Waals surface area (Å²) in [4.78, 5) is 14.2. The number of halogens is 1. The third kappa shape index (κ3) is 5.36. The number of ether oxygens (including phenoxy) is 2. The van der Waals surface area contributed by atoms with Crippen molar-refractivity contribution in [3.05, 3.63) is 34.9 Å². The highest BCUT2D eigenvalue weighted by atomic mass is 35.5. The smallest absolute Gasteiger partial charge is 0.410 e. The van der Waals surface area contributed by atoms with Gasteiger partial charge in [-0.05, 0) is 51.8 Å². The molecule has 0 aliphatic carbocycles. The Morgan fingerprint density at radius 2 is 2.04 bits per heavy atom. The van der Waals surface area contributed by atoms with Crippen LogP contribution in [0.15, 0.2) is 24.3 Å². The van der Waals surface area contributed by atoms with Crippen molar-refractivity contribution in [2.75, 3.05) is 13.2 Å². The molecule has 1 aromatic rings. The van der Waals surface area contributed by atoms with Crippen LogP contribution in [0.1, 0.15) is 33.3 Å². The van der Waals surface area contributed by atoms with Gasteiger partial charge in [0.15, 0.2) is 0 Å². The minimum absolute atomic E-state index is 0.143. The number of rotatable bonds is 3. The van der Waals surface area contributed by atoms with Crippen LogP contribution in [0.25, 0.3) is 0 Å². The van der Waals surface area contributed by atoms with E-state index < -0.39 is 17.8 Å². The molecular weight excluding hydrogens is 330 g/mol. The van der Waals surface area contributed by atoms with Gasteiger partial charge in [-0.2, -0.15) is 0 Å². The Bertz CT molecular complexity index is 553. The Balaban J connectivity index is 2.13. The molecular formula is C18H26ClNO4. The summed E-state index contributed by atoms with van der Waals surface area (Å²) in [7, 11) is 0. The lowest BCUT2D eigenvalue weighted by Crippen LogP contribution is -2.56. The summed E-state index contributed by atoms with van der Waals surface area (Å²) in [5, 5.41) is 10.5. The zero-order valence-electron chi connectivity index (χ0n) is 14.7. The summed E-state index contributed by atoms with van der Waals surface area (Å²) in [5.74, 6) is 0. The van der Waals surface area contributed by atoms with Gasteiger partial charge in [-0.25, -0.2) is 4.79 Å². The predicted molar refractivity (Wildman–Crippen MR) is 93.3 cm³/mol. The predicted octanol–water partition coefficient (Wildman–Crippen LogP) is 3.27. The first-order valence-corrected chi connectivity index (χ1v) is 8.57. The van der Waals surface area contributed by atoms with E-state index in [2.05, 4.69) is 0 Å². The molecule has 0 radical (unpaired) electrons. The highest BCUT2D eigenvalue weighted by Crippen LogP contribution is 2.22. The van der Waals surface area contributed by atoms with Crippen molar-refractivity contribution in [3.8, 4) is 0 Å². The standard InChI is InChI=1S/C18H26ClNO4/c1-12(21)16-10-20(17(22)24-18(2,3)4)15(11-23-16)9-13-5-7-14(19)8-6-13/h5-8,12,15-16,21H,9-11H2,1-4H3/t12-,15+,16-/m1/s1. The molecule has 0 spiro atoms. The molecule has 1 heterocycles. The van der Waals surface area contributed by atoms with E-state index in [9.17, 15) is 9.90 Å². The fourth-order valence-corrected chi connectivity index (χ4v) is 2.74. The molecule has 1 N–H and O–H groups in total. The topological polar surface area (TPSA) is 59.0 Å². The second kappa shape index (κ2) is 7.72. The molecule has 0 saturated carbocycles. The number of carbonyl (C=O) groups is 1. The summed E-state index contributed by atoms with van der Waals surface area (Å²) in [6, 6.07) is 7.40. The second-order valence-corrected chi connectivity index (χ2v) is 7.67. The van der Waals surface area contributed by atoms with E-state index in [0.29, 0.717) is 24.6 Å². The van der Waals surface area contributed by atoms with Crippen LogP contribution in [0, 0.1) is 0 Å². The van der Waals surface area contributed by atoms with Crippen molar-refractivity contribution in [3.63, 3.8) is 0 Å². The Morgan fingerprint density at radius 3 is 2.58 bits per heavy atom.